The van der Waals surface area contributed by atoms with E-state index in [9.17, 15) is 4.79 Å². The number of carbonyl (C=O) groups is 1. The fourth-order valence-electron chi connectivity index (χ4n) is 1.15. The third-order valence-corrected chi connectivity index (χ3v) is 2.68. The number of nitrogens with zero attached hydrogens (tertiary/aromatic N) is 3. The average molecular weight is 251 g/mol. The number of aliphatic carboxylic acids is 1. The van der Waals surface area contributed by atoms with E-state index in [1.165, 1.54) is 0 Å². The summed E-state index contributed by atoms with van der Waals surface area (Å²) in [5, 5.41) is 12.5. The van der Waals surface area contributed by atoms with Crippen LogP contribution in [0.15, 0.2) is 28.1 Å². The first-order chi connectivity index (χ1) is 8.15. The second-order valence-electron chi connectivity index (χ2n) is 3.28. The molecule has 0 spiro atoms. The predicted octanol–water partition coefficient (Wildman–Crippen LogP) is 1.62. The highest BCUT2D eigenvalue weighted by molar-refractivity contribution is 7.99. The maximum Gasteiger partial charge on any atom is 0.314 e. The number of hydrogen-bond donors (Lipinski definition) is 1. The summed E-state index contributed by atoms with van der Waals surface area (Å²) in [5.41, 5.74) is 1.65. The van der Waals surface area contributed by atoms with Gasteiger partial charge in [0.2, 0.25) is 5.82 Å². The number of hydrogen-bond acceptors (Lipinski definition) is 6. The fourth-order valence-corrected chi connectivity index (χ4v) is 1.64. The molecule has 0 saturated heterocycles. The SMILES string of the molecule is Cc1ccnc(-c2noc(SCC(=O)O)n2)c1. The third kappa shape index (κ3) is 3.04. The Labute approximate surface area is 101 Å². The Morgan fingerprint density at radius 2 is 2.41 bits per heavy atom. The molecule has 0 fully saturated rings. The molecule has 0 aliphatic carbocycles. The van der Waals surface area contributed by atoms with Gasteiger partial charge in [-0.15, -0.1) is 0 Å². The first kappa shape index (κ1) is 11.6. The zero-order chi connectivity index (χ0) is 12.3. The molecular formula is C10H9N3O3S. The van der Waals surface area contributed by atoms with Crippen LogP contribution >= 0.6 is 11.8 Å². The Balaban J connectivity index is 2.15. The van der Waals surface area contributed by atoms with Gasteiger partial charge in [0, 0.05) is 6.20 Å². The van der Waals surface area contributed by atoms with Crippen molar-refractivity contribution in [2.45, 2.75) is 12.1 Å². The largest absolute Gasteiger partial charge is 0.481 e. The molecular weight excluding hydrogens is 242 g/mol. The summed E-state index contributed by atoms with van der Waals surface area (Å²) in [7, 11) is 0. The molecule has 0 unspecified atom stereocenters. The van der Waals surface area contributed by atoms with Gasteiger partial charge in [0.15, 0.2) is 0 Å². The van der Waals surface area contributed by atoms with E-state index < -0.39 is 5.97 Å². The number of thioether (sulfide) groups is 1. The minimum atomic E-state index is -0.927. The van der Waals surface area contributed by atoms with Gasteiger partial charge < -0.3 is 9.63 Å². The lowest BCUT2D eigenvalue weighted by Gasteiger charge is -1.94. The van der Waals surface area contributed by atoms with E-state index in [0.29, 0.717) is 11.5 Å². The molecule has 2 aromatic heterocycles. The van der Waals surface area contributed by atoms with Crippen molar-refractivity contribution < 1.29 is 14.4 Å². The van der Waals surface area contributed by atoms with Crippen molar-refractivity contribution >= 4 is 17.7 Å². The van der Waals surface area contributed by atoms with Crippen molar-refractivity contribution in [2.75, 3.05) is 5.75 Å². The van der Waals surface area contributed by atoms with Crippen LogP contribution in [0.4, 0.5) is 0 Å². The van der Waals surface area contributed by atoms with Crippen LogP contribution in [0.25, 0.3) is 11.5 Å². The second kappa shape index (κ2) is 4.96. The average Bonchev–Trinajstić information content (AvgIpc) is 2.75. The van der Waals surface area contributed by atoms with Crippen LogP contribution in [-0.2, 0) is 4.79 Å². The van der Waals surface area contributed by atoms with Crippen molar-refractivity contribution in [3.8, 4) is 11.5 Å². The van der Waals surface area contributed by atoms with E-state index in [4.69, 9.17) is 9.63 Å². The molecule has 88 valence electrons. The molecule has 0 saturated carbocycles. The van der Waals surface area contributed by atoms with Crippen LogP contribution in [0.2, 0.25) is 0 Å². The van der Waals surface area contributed by atoms with Crippen molar-refractivity contribution in [3.05, 3.63) is 23.9 Å². The van der Waals surface area contributed by atoms with Crippen LogP contribution in [0.5, 0.6) is 0 Å². The standard InChI is InChI=1S/C10H9N3O3S/c1-6-2-3-11-7(4-6)9-12-10(16-13-9)17-5-8(14)15/h2-4H,5H2,1H3,(H,14,15). The second-order valence-corrected chi connectivity index (χ2v) is 4.21. The fraction of sp³-hybridized carbons (Fsp3) is 0.200. The summed E-state index contributed by atoms with van der Waals surface area (Å²) >= 11 is 0.981. The minimum Gasteiger partial charge on any atom is -0.481 e. The van der Waals surface area contributed by atoms with E-state index in [0.717, 1.165) is 17.3 Å². The lowest BCUT2D eigenvalue weighted by molar-refractivity contribution is -0.133. The third-order valence-electron chi connectivity index (χ3n) is 1.87. The quantitative estimate of drug-likeness (QED) is 0.825. The monoisotopic (exact) mass is 251 g/mol. The molecule has 17 heavy (non-hydrogen) atoms. The van der Waals surface area contributed by atoms with E-state index in [1.807, 2.05) is 19.1 Å². The number of pyridine rings is 1. The summed E-state index contributed by atoms with van der Waals surface area (Å²) in [6, 6.07) is 3.69. The van der Waals surface area contributed by atoms with Gasteiger partial charge in [0.25, 0.3) is 5.22 Å². The Hall–Kier alpha value is -1.89. The molecule has 0 aliphatic rings. The molecule has 7 heteroatoms. The number of rotatable bonds is 4. The van der Waals surface area contributed by atoms with E-state index in [2.05, 4.69) is 15.1 Å². The van der Waals surface area contributed by atoms with Gasteiger partial charge in [-0.2, -0.15) is 4.98 Å². The Morgan fingerprint density at radius 1 is 1.59 bits per heavy atom. The van der Waals surface area contributed by atoms with Gasteiger partial charge in [-0.25, -0.2) is 0 Å². The van der Waals surface area contributed by atoms with Crippen molar-refractivity contribution in [3.63, 3.8) is 0 Å². The zero-order valence-corrected chi connectivity index (χ0v) is 9.77. The highest BCUT2D eigenvalue weighted by atomic mass is 32.2. The van der Waals surface area contributed by atoms with Crippen LogP contribution in [0.1, 0.15) is 5.56 Å². The van der Waals surface area contributed by atoms with Crippen LogP contribution in [-0.4, -0.2) is 32.0 Å². The highest BCUT2D eigenvalue weighted by Gasteiger charge is 2.11. The van der Waals surface area contributed by atoms with E-state index >= 15 is 0 Å². The van der Waals surface area contributed by atoms with Crippen LogP contribution < -0.4 is 0 Å². The molecule has 2 heterocycles. The summed E-state index contributed by atoms with van der Waals surface area (Å²) in [4.78, 5) is 18.5. The lowest BCUT2D eigenvalue weighted by Crippen LogP contribution is -1.97. The van der Waals surface area contributed by atoms with Gasteiger partial charge in [-0.05, 0) is 24.6 Å². The molecule has 6 nitrogen and oxygen atoms in total. The Kier molecular flexibility index (Phi) is 3.38. The minimum absolute atomic E-state index is 0.108. The molecule has 2 rings (SSSR count). The molecule has 0 aromatic carbocycles. The van der Waals surface area contributed by atoms with Crippen LogP contribution in [0.3, 0.4) is 0 Å². The topological polar surface area (TPSA) is 89.1 Å². The lowest BCUT2D eigenvalue weighted by atomic mass is 10.2. The van der Waals surface area contributed by atoms with Crippen molar-refractivity contribution in [1.29, 1.82) is 0 Å². The first-order valence-corrected chi connectivity index (χ1v) is 5.75. The predicted molar refractivity (Wildman–Crippen MR) is 60.6 cm³/mol. The number of carboxylic acid groups (broad SMARTS) is 1. The summed E-state index contributed by atoms with van der Waals surface area (Å²) in [5.74, 6) is -0.673. The Morgan fingerprint density at radius 3 is 3.12 bits per heavy atom. The molecule has 0 amide bonds. The smallest absolute Gasteiger partial charge is 0.314 e. The summed E-state index contributed by atoms with van der Waals surface area (Å²) in [6.07, 6.45) is 1.66. The van der Waals surface area contributed by atoms with Crippen molar-refractivity contribution in [2.24, 2.45) is 0 Å². The highest BCUT2D eigenvalue weighted by Crippen LogP contribution is 2.20. The van der Waals surface area contributed by atoms with E-state index in [1.54, 1.807) is 6.20 Å². The molecule has 1 N–H and O–H groups in total. The molecule has 2 aromatic rings. The number of aryl methyl sites for hydroxylation is 1. The molecule has 0 atom stereocenters. The molecule has 0 radical (unpaired) electrons. The van der Waals surface area contributed by atoms with E-state index in [-0.39, 0.29) is 11.0 Å². The maximum absolute atomic E-state index is 10.4. The summed E-state index contributed by atoms with van der Waals surface area (Å²) in [6.45, 7) is 1.94. The van der Waals surface area contributed by atoms with Crippen LogP contribution in [0, 0.1) is 6.92 Å². The molecule has 0 bridgehead atoms. The van der Waals surface area contributed by atoms with Gasteiger partial charge in [-0.3, -0.25) is 9.78 Å². The maximum atomic E-state index is 10.4. The molecule has 0 aliphatic heterocycles. The van der Waals surface area contributed by atoms with Gasteiger partial charge in [0.05, 0.1) is 0 Å². The van der Waals surface area contributed by atoms with Gasteiger partial charge in [0.1, 0.15) is 11.4 Å². The zero-order valence-electron chi connectivity index (χ0n) is 8.95. The summed E-state index contributed by atoms with van der Waals surface area (Å²) < 4.78 is 4.91. The number of carboxylic acids is 1. The normalized spacial score (nSPS) is 10.4. The Bertz CT molecular complexity index is 541. The number of aromatic nitrogens is 3. The van der Waals surface area contributed by atoms with Gasteiger partial charge in [-0.1, -0.05) is 16.9 Å². The van der Waals surface area contributed by atoms with Crippen molar-refractivity contribution in [1.82, 2.24) is 15.1 Å². The first-order valence-electron chi connectivity index (χ1n) is 4.76. The van der Waals surface area contributed by atoms with Gasteiger partial charge >= 0.3 is 5.97 Å².